The van der Waals surface area contributed by atoms with Crippen LogP contribution in [-0.2, 0) is 18.9 Å². The van der Waals surface area contributed by atoms with Gasteiger partial charge in [0.25, 0.3) is 0 Å². The maximum absolute atomic E-state index is 9.43. The van der Waals surface area contributed by atoms with Crippen LogP contribution in [0.4, 0.5) is 0 Å². The lowest BCUT2D eigenvalue weighted by Gasteiger charge is -2.38. The molecule has 0 heterocycles. The van der Waals surface area contributed by atoms with Gasteiger partial charge in [-0.05, 0) is 37.5 Å². The van der Waals surface area contributed by atoms with E-state index in [9.17, 15) is 5.11 Å². The lowest BCUT2D eigenvalue weighted by atomic mass is 9.68. The molecule has 0 aromatic heterocycles. The van der Waals surface area contributed by atoms with Gasteiger partial charge in [-0.15, -0.1) is 0 Å². The van der Waals surface area contributed by atoms with Crippen LogP contribution in [0.5, 0.6) is 0 Å². The molecule has 22 heavy (non-hydrogen) atoms. The molecule has 0 amide bonds. The summed E-state index contributed by atoms with van der Waals surface area (Å²) in [6, 6.07) is 0. The number of hydrogen-bond acceptors (Lipinski definition) is 5. The van der Waals surface area contributed by atoms with Crippen molar-refractivity contribution in [3.05, 3.63) is 0 Å². The van der Waals surface area contributed by atoms with Gasteiger partial charge in [-0.1, -0.05) is 19.3 Å². The van der Waals surface area contributed by atoms with Gasteiger partial charge in [-0.2, -0.15) is 0 Å². The zero-order valence-corrected chi connectivity index (χ0v) is 14.5. The Morgan fingerprint density at radius 1 is 1.00 bits per heavy atom. The molecule has 1 rings (SSSR count). The zero-order valence-electron chi connectivity index (χ0n) is 14.5. The quantitative estimate of drug-likeness (QED) is 0.443. The van der Waals surface area contributed by atoms with Crippen LogP contribution < -0.4 is 0 Å². The predicted octanol–water partition coefficient (Wildman–Crippen LogP) is 2.96. The monoisotopic (exact) mass is 318 g/mol. The van der Waals surface area contributed by atoms with E-state index in [2.05, 4.69) is 0 Å². The minimum absolute atomic E-state index is 0.183. The van der Waals surface area contributed by atoms with Crippen LogP contribution in [-0.4, -0.2) is 52.7 Å². The standard InChI is InChI=1S/C17H34O5/c1-19-14-22-13-15(16(20-2)21-3)7-10-17(11-12-18)8-5-4-6-9-17/h15-16,18H,4-14H2,1-3H3. The second-order valence-electron chi connectivity index (χ2n) is 6.45. The largest absolute Gasteiger partial charge is 0.396 e. The number of hydrogen-bond donors (Lipinski definition) is 1. The highest BCUT2D eigenvalue weighted by Gasteiger charge is 2.33. The highest BCUT2D eigenvalue weighted by atomic mass is 16.7. The Labute approximate surface area is 135 Å². The van der Waals surface area contributed by atoms with Gasteiger partial charge in [0.05, 0.1) is 6.61 Å². The molecule has 1 N–H and O–H groups in total. The maximum Gasteiger partial charge on any atom is 0.161 e. The zero-order chi connectivity index (χ0) is 16.3. The molecule has 1 saturated carbocycles. The summed E-state index contributed by atoms with van der Waals surface area (Å²) in [6.07, 6.45) is 9.06. The number of rotatable bonds is 12. The van der Waals surface area contributed by atoms with Crippen molar-refractivity contribution < 1.29 is 24.1 Å². The summed E-state index contributed by atoms with van der Waals surface area (Å²) in [7, 11) is 4.96. The van der Waals surface area contributed by atoms with E-state index >= 15 is 0 Å². The van der Waals surface area contributed by atoms with Gasteiger partial charge in [-0.3, -0.25) is 0 Å². The molecular weight excluding hydrogens is 284 g/mol. The van der Waals surface area contributed by atoms with Gasteiger partial charge in [-0.25, -0.2) is 0 Å². The maximum atomic E-state index is 9.43. The Morgan fingerprint density at radius 2 is 1.68 bits per heavy atom. The minimum Gasteiger partial charge on any atom is -0.396 e. The number of ether oxygens (including phenoxy) is 4. The topological polar surface area (TPSA) is 57.2 Å². The van der Waals surface area contributed by atoms with Crippen molar-refractivity contribution >= 4 is 0 Å². The van der Waals surface area contributed by atoms with E-state index in [-0.39, 0.29) is 18.8 Å². The van der Waals surface area contributed by atoms with Gasteiger partial charge < -0.3 is 24.1 Å². The molecule has 5 nitrogen and oxygen atoms in total. The van der Waals surface area contributed by atoms with Crippen molar-refractivity contribution in [2.45, 2.75) is 57.7 Å². The fraction of sp³-hybridized carbons (Fsp3) is 1.00. The van der Waals surface area contributed by atoms with Crippen molar-refractivity contribution in [1.29, 1.82) is 0 Å². The van der Waals surface area contributed by atoms with E-state index in [1.54, 1.807) is 21.3 Å². The first-order valence-corrected chi connectivity index (χ1v) is 8.44. The lowest BCUT2D eigenvalue weighted by Crippen LogP contribution is -2.32. The predicted molar refractivity (Wildman–Crippen MR) is 85.6 cm³/mol. The van der Waals surface area contributed by atoms with Crippen LogP contribution in [0.1, 0.15) is 51.4 Å². The molecule has 0 aliphatic heterocycles. The summed E-state index contributed by atoms with van der Waals surface area (Å²) < 4.78 is 21.4. The van der Waals surface area contributed by atoms with E-state index in [4.69, 9.17) is 18.9 Å². The first kappa shape index (κ1) is 19.8. The van der Waals surface area contributed by atoms with Gasteiger partial charge in [0, 0.05) is 33.9 Å². The number of aliphatic hydroxyl groups is 1. The van der Waals surface area contributed by atoms with Gasteiger partial charge in [0.15, 0.2) is 6.29 Å². The summed E-state index contributed by atoms with van der Waals surface area (Å²) in [6.45, 7) is 1.14. The summed E-state index contributed by atoms with van der Waals surface area (Å²) in [4.78, 5) is 0. The van der Waals surface area contributed by atoms with Crippen molar-refractivity contribution in [2.24, 2.45) is 11.3 Å². The fourth-order valence-corrected chi connectivity index (χ4v) is 3.72. The van der Waals surface area contributed by atoms with E-state index in [0.717, 1.165) is 19.3 Å². The molecule has 1 unspecified atom stereocenters. The Hall–Kier alpha value is -0.200. The third kappa shape index (κ3) is 6.50. The molecule has 0 saturated heterocycles. The van der Waals surface area contributed by atoms with Crippen molar-refractivity contribution in [1.82, 2.24) is 0 Å². The van der Waals surface area contributed by atoms with Crippen LogP contribution in [0.15, 0.2) is 0 Å². The Morgan fingerprint density at radius 3 is 2.23 bits per heavy atom. The second kappa shape index (κ2) is 11.4. The smallest absolute Gasteiger partial charge is 0.161 e. The highest BCUT2D eigenvalue weighted by Crippen LogP contribution is 2.44. The molecule has 0 spiro atoms. The Kier molecular flexibility index (Phi) is 10.2. The molecule has 0 bridgehead atoms. The summed E-state index contributed by atoms with van der Waals surface area (Å²) >= 11 is 0. The third-order valence-corrected chi connectivity index (χ3v) is 4.98. The van der Waals surface area contributed by atoms with Crippen molar-refractivity contribution in [2.75, 3.05) is 41.3 Å². The molecule has 1 fully saturated rings. The molecular formula is C17H34O5. The van der Waals surface area contributed by atoms with E-state index in [1.165, 1.54) is 32.1 Å². The number of aliphatic hydroxyl groups excluding tert-OH is 1. The number of methoxy groups -OCH3 is 3. The minimum atomic E-state index is -0.258. The first-order chi connectivity index (χ1) is 10.7. The highest BCUT2D eigenvalue weighted by molar-refractivity contribution is 4.84. The second-order valence-corrected chi connectivity index (χ2v) is 6.45. The summed E-state index contributed by atoms with van der Waals surface area (Å²) in [5, 5.41) is 9.43. The van der Waals surface area contributed by atoms with Crippen molar-refractivity contribution in [3.8, 4) is 0 Å². The fourth-order valence-electron chi connectivity index (χ4n) is 3.72. The average Bonchev–Trinajstić information content (AvgIpc) is 2.54. The van der Waals surface area contributed by atoms with E-state index < -0.39 is 0 Å². The summed E-state index contributed by atoms with van der Waals surface area (Å²) in [5.74, 6) is 0.183. The van der Waals surface area contributed by atoms with Gasteiger partial charge in [0.1, 0.15) is 6.79 Å². The Bertz CT molecular complexity index is 256. The molecule has 0 aromatic rings. The van der Waals surface area contributed by atoms with Crippen LogP contribution in [0.25, 0.3) is 0 Å². The van der Waals surface area contributed by atoms with Crippen LogP contribution in [0.3, 0.4) is 0 Å². The normalized spacial score (nSPS) is 19.5. The van der Waals surface area contributed by atoms with Gasteiger partial charge in [0.2, 0.25) is 0 Å². The van der Waals surface area contributed by atoms with Gasteiger partial charge >= 0.3 is 0 Å². The van der Waals surface area contributed by atoms with E-state index in [0.29, 0.717) is 18.8 Å². The third-order valence-electron chi connectivity index (χ3n) is 4.98. The molecule has 1 aliphatic carbocycles. The lowest BCUT2D eigenvalue weighted by molar-refractivity contribution is -0.163. The molecule has 1 aliphatic rings. The van der Waals surface area contributed by atoms with Crippen molar-refractivity contribution in [3.63, 3.8) is 0 Å². The summed E-state index contributed by atoms with van der Waals surface area (Å²) in [5.41, 5.74) is 0.290. The molecule has 0 radical (unpaired) electrons. The van der Waals surface area contributed by atoms with Crippen LogP contribution in [0.2, 0.25) is 0 Å². The SMILES string of the molecule is COCOCC(CCC1(CCO)CCCCC1)C(OC)OC. The molecule has 132 valence electrons. The van der Waals surface area contributed by atoms with Crippen LogP contribution in [0, 0.1) is 11.3 Å². The molecule has 0 aromatic carbocycles. The first-order valence-electron chi connectivity index (χ1n) is 8.44. The van der Waals surface area contributed by atoms with Crippen LogP contribution >= 0.6 is 0 Å². The average molecular weight is 318 g/mol. The molecule has 5 heteroatoms. The van der Waals surface area contributed by atoms with E-state index in [1.807, 2.05) is 0 Å². The Balaban J connectivity index is 2.57. The molecule has 1 atom stereocenters.